The predicted molar refractivity (Wildman–Crippen MR) is 91.2 cm³/mol. The monoisotopic (exact) mass is 365 g/mol. The number of carbonyl (C=O) groups is 1. The molecular formula is C16H21F2N7O. The molecule has 4 rings (SSSR count). The average molecular weight is 365 g/mol. The highest BCUT2D eigenvalue weighted by Crippen LogP contribution is 2.27. The van der Waals surface area contributed by atoms with E-state index in [1.807, 2.05) is 14.0 Å². The molecule has 26 heavy (non-hydrogen) atoms. The lowest BCUT2D eigenvalue weighted by atomic mass is 10.1. The molecule has 2 aliphatic heterocycles. The van der Waals surface area contributed by atoms with Gasteiger partial charge in [0.2, 0.25) is 5.91 Å². The fraction of sp³-hybridized carbons (Fsp3) is 0.625. The molecule has 2 aliphatic rings. The number of nitrogens with one attached hydrogen (secondary N) is 1. The molecule has 0 saturated carbocycles. The van der Waals surface area contributed by atoms with Crippen molar-refractivity contribution in [2.45, 2.75) is 25.3 Å². The van der Waals surface area contributed by atoms with Gasteiger partial charge in [-0.1, -0.05) is 0 Å². The summed E-state index contributed by atoms with van der Waals surface area (Å²) in [5.74, 6) is -1.58. The molecule has 2 aromatic rings. The Morgan fingerprint density at radius 1 is 1.27 bits per heavy atom. The minimum absolute atomic E-state index is 0.243. The fourth-order valence-electron chi connectivity index (χ4n) is 3.60. The zero-order chi connectivity index (χ0) is 18.5. The molecule has 2 aromatic heterocycles. The first kappa shape index (κ1) is 17.1. The first-order chi connectivity index (χ1) is 12.3. The lowest BCUT2D eigenvalue weighted by molar-refractivity contribution is -0.134. The Morgan fingerprint density at radius 2 is 2.00 bits per heavy atom. The van der Waals surface area contributed by atoms with Gasteiger partial charge in [-0.2, -0.15) is 5.10 Å². The zero-order valence-corrected chi connectivity index (χ0v) is 14.7. The van der Waals surface area contributed by atoms with Gasteiger partial charge in [0.1, 0.15) is 11.6 Å². The third kappa shape index (κ3) is 2.98. The van der Waals surface area contributed by atoms with Gasteiger partial charge in [-0.05, 0) is 6.92 Å². The van der Waals surface area contributed by atoms with Gasteiger partial charge < -0.3 is 9.80 Å². The van der Waals surface area contributed by atoms with Crippen LogP contribution in [-0.2, 0) is 11.8 Å². The highest BCUT2D eigenvalue weighted by Gasteiger charge is 2.43. The van der Waals surface area contributed by atoms with Crippen molar-refractivity contribution in [3.63, 3.8) is 0 Å². The first-order valence-electron chi connectivity index (χ1n) is 8.65. The number of fused-ring (bicyclic) bond motifs is 1. The van der Waals surface area contributed by atoms with Crippen LogP contribution in [0.1, 0.15) is 12.2 Å². The maximum Gasteiger partial charge on any atom is 0.262 e. The molecule has 10 heteroatoms. The predicted octanol–water partition coefficient (Wildman–Crippen LogP) is 0.318. The minimum Gasteiger partial charge on any atom is -0.352 e. The second-order valence-electron chi connectivity index (χ2n) is 6.91. The SMILES string of the molecule is Cc1nc(N2CCN(C(=O)C3CC(F)(F)CN3)CC2)c2cnn(C)c2n1. The van der Waals surface area contributed by atoms with E-state index in [0.29, 0.717) is 32.0 Å². The number of halogens is 2. The number of aromatic nitrogens is 4. The number of piperazine rings is 1. The van der Waals surface area contributed by atoms with E-state index >= 15 is 0 Å². The molecule has 0 aromatic carbocycles. The molecule has 1 N–H and O–H groups in total. The summed E-state index contributed by atoms with van der Waals surface area (Å²) >= 11 is 0. The summed E-state index contributed by atoms with van der Waals surface area (Å²) in [6.07, 6.45) is 1.32. The number of hydrogen-bond donors (Lipinski definition) is 1. The molecule has 1 atom stereocenters. The van der Waals surface area contributed by atoms with Crippen molar-refractivity contribution >= 4 is 22.8 Å². The molecule has 1 unspecified atom stereocenters. The van der Waals surface area contributed by atoms with E-state index in [-0.39, 0.29) is 5.91 Å². The Bertz CT molecular complexity index is 844. The molecule has 0 bridgehead atoms. The maximum absolute atomic E-state index is 13.3. The summed E-state index contributed by atoms with van der Waals surface area (Å²) in [6, 6.07) is -0.789. The topological polar surface area (TPSA) is 79.2 Å². The highest BCUT2D eigenvalue weighted by molar-refractivity contribution is 5.87. The number of carbonyl (C=O) groups excluding carboxylic acids is 1. The average Bonchev–Trinajstić information content (AvgIpc) is 3.16. The van der Waals surface area contributed by atoms with E-state index in [1.165, 1.54) is 0 Å². The summed E-state index contributed by atoms with van der Waals surface area (Å²) in [7, 11) is 1.83. The Labute approximate surface area is 149 Å². The summed E-state index contributed by atoms with van der Waals surface area (Å²) in [4.78, 5) is 25.2. The lowest BCUT2D eigenvalue weighted by Crippen LogP contribution is -2.53. The molecule has 1 amide bonds. The zero-order valence-electron chi connectivity index (χ0n) is 14.7. The van der Waals surface area contributed by atoms with Crippen LogP contribution in [0.25, 0.3) is 11.0 Å². The quantitative estimate of drug-likeness (QED) is 0.826. The molecule has 140 valence electrons. The van der Waals surface area contributed by atoms with E-state index in [2.05, 4.69) is 25.3 Å². The van der Waals surface area contributed by atoms with Crippen molar-refractivity contribution in [1.29, 1.82) is 0 Å². The third-order valence-electron chi connectivity index (χ3n) is 4.98. The molecular weight excluding hydrogens is 344 g/mol. The molecule has 0 aliphatic carbocycles. The number of alkyl halides is 2. The molecule has 0 spiro atoms. The van der Waals surface area contributed by atoms with Gasteiger partial charge in [-0.25, -0.2) is 18.7 Å². The second-order valence-corrected chi connectivity index (χ2v) is 6.91. The maximum atomic E-state index is 13.3. The highest BCUT2D eigenvalue weighted by atomic mass is 19.3. The summed E-state index contributed by atoms with van der Waals surface area (Å²) < 4.78 is 28.4. The molecule has 8 nitrogen and oxygen atoms in total. The van der Waals surface area contributed by atoms with Crippen LogP contribution in [0.2, 0.25) is 0 Å². The van der Waals surface area contributed by atoms with Crippen molar-refractivity contribution in [2.24, 2.45) is 7.05 Å². The van der Waals surface area contributed by atoms with Crippen molar-refractivity contribution in [2.75, 3.05) is 37.6 Å². The van der Waals surface area contributed by atoms with Gasteiger partial charge in [-0.15, -0.1) is 0 Å². The largest absolute Gasteiger partial charge is 0.352 e. The Kier molecular flexibility index (Phi) is 4.02. The first-order valence-corrected chi connectivity index (χ1v) is 8.65. The van der Waals surface area contributed by atoms with Gasteiger partial charge in [0, 0.05) is 39.6 Å². The number of nitrogens with zero attached hydrogens (tertiary/aromatic N) is 6. The number of rotatable bonds is 2. The number of amides is 1. The lowest BCUT2D eigenvalue weighted by Gasteiger charge is -2.36. The van der Waals surface area contributed by atoms with Gasteiger partial charge in [0.25, 0.3) is 5.92 Å². The van der Waals surface area contributed by atoms with Crippen LogP contribution in [0.5, 0.6) is 0 Å². The van der Waals surface area contributed by atoms with Crippen LogP contribution >= 0.6 is 0 Å². The van der Waals surface area contributed by atoms with Crippen LogP contribution < -0.4 is 10.2 Å². The van der Waals surface area contributed by atoms with Crippen LogP contribution in [0.4, 0.5) is 14.6 Å². The summed E-state index contributed by atoms with van der Waals surface area (Å²) in [6.45, 7) is 3.55. The Balaban J connectivity index is 1.47. The van der Waals surface area contributed by atoms with E-state index in [9.17, 15) is 13.6 Å². The normalized spacial score (nSPS) is 23.0. The number of aryl methyl sites for hydroxylation is 2. The van der Waals surface area contributed by atoms with Crippen LogP contribution in [0.3, 0.4) is 0 Å². The molecule has 2 saturated heterocycles. The Hall–Kier alpha value is -2.36. The summed E-state index contributed by atoms with van der Waals surface area (Å²) in [5.41, 5.74) is 0.767. The van der Waals surface area contributed by atoms with Crippen LogP contribution in [-0.4, -0.2) is 75.2 Å². The van der Waals surface area contributed by atoms with E-state index < -0.39 is 24.9 Å². The van der Waals surface area contributed by atoms with Gasteiger partial charge in [0.15, 0.2) is 5.65 Å². The Morgan fingerprint density at radius 3 is 2.65 bits per heavy atom. The smallest absolute Gasteiger partial charge is 0.262 e. The van der Waals surface area contributed by atoms with Crippen molar-refractivity contribution in [1.82, 2.24) is 30.0 Å². The van der Waals surface area contributed by atoms with Gasteiger partial charge in [0.05, 0.1) is 24.2 Å². The standard InChI is InChI=1S/C16H21F2N7O/c1-10-21-13-11(8-20-23(13)2)14(22-10)24-3-5-25(6-4-24)15(26)12-7-16(17,18)9-19-12/h8,12,19H,3-7,9H2,1-2H3. The van der Waals surface area contributed by atoms with Crippen molar-refractivity contribution < 1.29 is 13.6 Å². The second kappa shape index (κ2) is 6.11. The molecule has 4 heterocycles. The van der Waals surface area contributed by atoms with Gasteiger partial charge in [-0.3, -0.25) is 14.8 Å². The van der Waals surface area contributed by atoms with Crippen molar-refractivity contribution in [3.8, 4) is 0 Å². The van der Waals surface area contributed by atoms with Gasteiger partial charge >= 0.3 is 0 Å². The van der Waals surface area contributed by atoms with E-state index in [4.69, 9.17) is 0 Å². The van der Waals surface area contributed by atoms with Crippen LogP contribution in [0.15, 0.2) is 6.20 Å². The summed E-state index contributed by atoms with van der Waals surface area (Å²) in [5, 5.41) is 7.75. The van der Waals surface area contributed by atoms with Crippen molar-refractivity contribution in [3.05, 3.63) is 12.0 Å². The van der Waals surface area contributed by atoms with E-state index in [0.717, 1.165) is 16.9 Å². The number of hydrogen-bond acceptors (Lipinski definition) is 6. The van der Waals surface area contributed by atoms with E-state index in [1.54, 1.807) is 15.8 Å². The third-order valence-corrected chi connectivity index (χ3v) is 4.98. The molecule has 0 radical (unpaired) electrons. The molecule has 2 fully saturated rings. The minimum atomic E-state index is -2.80. The fourth-order valence-corrected chi connectivity index (χ4v) is 3.60. The van der Waals surface area contributed by atoms with Crippen LogP contribution in [0, 0.1) is 6.92 Å². The number of anilines is 1.